The van der Waals surface area contributed by atoms with E-state index in [1.54, 1.807) is 20.1 Å². The third-order valence-electron chi connectivity index (χ3n) is 4.15. The Morgan fingerprint density at radius 3 is 2.50 bits per heavy atom. The number of carboxylic acid groups (broad SMARTS) is 1. The Bertz CT molecular complexity index is 717. The number of benzene rings is 1. The molecule has 5 nitrogen and oxygen atoms in total. The normalized spacial score (nSPS) is 13.8. The van der Waals surface area contributed by atoms with Crippen molar-refractivity contribution in [3.63, 3.8) is 0 Å². The predicted molar refractivity (Wildman–Crippen MR) is 83.8 cm³/mol. The summed E-state index contributed by atoms with van der Waals surface area (Å²) < 4.78 is 5.50. The molecule has 0 radical (unpaired) electrons. The Kier molecular flexibility index (Phi) is 4.54. The molecule has 2 atom stereocenters. The van der Waals surface area contributed by atoms with E-state index >= 15 is 0 Å². The van der Waals surface area contributed by atoms with Crippen LogP contribution >= 0.6 is 0 Å². The Labute approximate surface area is 129 Å². The lowest BCUT2D eigenvalue weighted by Gasteiger charge is -2.17. The number of nitrogens with one attached hydrogen (secondary N) is 1. The largest absolute Gasteiger partial charge is 0.481 e. The fourth-order valence-electron chi connectivity index (χ4n) is 2.29. The molecule has 1 aromatic carbocycles. The molecule has 2 aromatic rings. The lowest BCUT2D eigenvalue weighted by molar-refractivity contribution is -0.142. The first-order valence-electron chi connectivity index (χ1n) is 7.29. The summed E-state index contributed by atoms with van der Waals surface area (Å²) >= 11 is 0. The maximum Gasteiger partial charge on any atom is 0.308 e. The molecule has 0 fully saturated rings. The molecule has 5 heteroatoms. The molecule has 118 valence electrons. The first kappa shape index (κ1) is 16.1. The fourth-order valence-corrected chi connectivity index (χ4v) is 2.29. The van der Waals surface area contributed by atoms with Gasteiger partial charge in [0, 0.05) is 17.0 Å². The van der Waals surface area contributed by atoms with E-state index in [2.05, 4.69) is 5.32 Å². The molecule has 2 unspecified atom stereocenters. The van der Waals surface area contributed by atoms with Gasteiger partial charge in [0.15, 0.2) is 0 Å². The second-order valence-corrected chi connectivity index (χ2v) is 5.85. The van der Waals surface area contributed by atoms with Crippen LogP contribution in [0.25, 0.3) is 11.0 Å². The van der Waals surface area contributed by atoms with E-state index in [-0.39, 0.29) is 12.3 Å². The van der Waals surface area contributed by atoms with E-state index < -0.39 is 17.9 Å². The zero-order valence-electron chi connectivity index (χ0n) is 13.3. The molecular weight excluding hydrogens is 282 g/mol. The van der Waals surface area contributed by atoms with E-state index in [0.717, 1.165) is 27.7 Å². The van der Waals surface area contributed by atoms with Crippen molar-refractivity contribution in [3.05, 3.63) is 35.1 Å². The average molecular weight is 303 g/mol. The molecule has 0 aliphatic heterocycles. The maximum absolute atomic E-state index is 12.1. The molecule has 0 saturated carbocycles. The van der Waals surface area contributed by atoms with Gasteiger partial charge in [0.2, 0.25) is 5.91 Å². The van der Waals surface area contributed by atoms with E-state index in [1.165, 1.54) is 0 Å². The number of aryl methyl sites for hydroxylation is 2. The van der Waals surface area contributed by atoms with Gasteiger partial charge in [0.25, 0.3) is 0 Å². The molecule has 0 bridgehead atoms. The zero-order valence-corrected chi connectivity index (χ0v) is 13.3. The van der Waals surface area contributed by atoms with E-state index in [0.29, 0.717) is 0 Å². The van der Waals surface area contributed by atoms with Gasteiger partial charge < -0.3 is 14.8 Å². The minimum Gasteiger partial charge on any atom is -0.481 e. The van der Waals surface area contributed by atoms with E-state index in [4.69, 9.17) is 9.52 Å². The monoisotopic (exact) mass is 303 g/mol. The lowest BCUT2D eigenvalue weighted by atomic mass is 10.0. The zero-order chi connectivity index (χ0) is 16.4. The number of hydrogen-bond donors (Lipinski definition) is 2. The van der Waals surface area contributed by atoms with E-state index in [9.17, 15) is 9.59 Å². The minimum absolute atomic E-state index is 0.173. The van der Waals surface area contributed by atoms with Crippen molar-refractivity contribution in [1.29, 1.82) is 0 Å². The quantitative estimate of drug-likeness (QED) is 0.890. The van der Waals surface area contributed by atoms with Gasteiger partial charge in [-0.3, -0.25) is 9.59 Å². The molecule has 1 heterocycles. The highest BCUT2D eigenvalue weighted by atomic mass is 16.4. The summed E-state index contributed by atoms with van der Waals surface area (Å²) in [5.41, 5.74) is 3.86. The molecule has 2 rings (SSSR count). The topological polar surface area (TPSA) is 79.5 Å². The summed E-state index contributed by atoms with van der Waals surface area (Å²) in [6.45, 7) is 7.30. The molecule has 0 aliphatic rings. The second-order valence-electron chi connectivity index (χ2n) is 5.85. The number of hydrogen-bond acceptors (Lipinski definition) is 3. The third-order valence-corrected chi connectivity index (χ3v) is 4.15. The maximum atomic E-state index is 12.1. The summed E-state index contributed by atoms with van der Waals surface area (Å²) in [6.07, 6.45) is 1.76. The van der Waals surface area contributed by atoms with Crippen molar-refractivity contribution in [3.8, 4) is 0 Å². The summed E-state index contributed by atoms with van der Waals surface area (Å²) in [6, 6.07) is 3.55. The number of aliphatic carboxylic acids is 1. The van der Waals surface area contributed by atoms with Crippen LogP contribution in [0.4, 0.5) is 0 Å². The summed E-state index contributed by atoms with van der Waals surface area (Å²) in [4.78, 5) is 23.0. The number of furan rings is 1. The Morgan fingerprint density at radius 2 is 1.86 bits per heavy atom. The van der Waals surface area contributed by atoms with Crippen molar-refractivity contribution in [2.45, 2.75) is 40.2 Å². The predicted octanol–water partition coefficient (Wildman–Crippen LogP) is 2.82. The summed E-state index contributed by atoms with van der Waals surface area (Å²) in [5.74, 6) is -1.76. The molecule has 0 saturated heterocycles. The van der Waals surface area contributed by atoms with Crippen LogP contribution in [0.1, 0.15) is 30.5 Å². The molecule has 1 amide bonds. The van der Waals surface area contributed by atoms with Crippen LogP contribution in [0.5, 0.6) is 0 Å². The molecular formula is C17H21NO4. The smallest absolute Gasteiger partial charge is 0.308 e. The molecule has 2 N–H and O–H groups in total. The third kappa shape index (κ3) is 3.30. The number of carboxylic acids is 1. The van der Waals surface area contributed by atoms with Crippen molar-refractivity contribution >= 4 is 22.8 Å². The molecule has 22 heavy (non-hydrogen) atoms. The summed E-state index contributed by atoms with van der Waals surface area (Å²) in [5, 5.41) is 12.6. The highest BCUT2D eigenvalue weighted by molar-refractivity contribution is 5.88. The number of amides is 1. The van der Waals surface area contributed by atoms with Crippen LogP contribution < -0.4 is 5.32 Å². The van der Waals surface area contributed by atoms with Crippen LogP contribution in [0.2, 0.25) is 0 Å². The molecule has 0 spiro atoms. The number of carbonyl (C=O) groups is 2. The fraction of sp³-hybridized carbons (Fsp3) is 0.412. The summed E-state index contributed by atoms with van der Waals surface area (Å²) in [7, 11) is 0. The van der Waals surface area contributed by atoms with Crippen LogP contribution in [-0.2, 0) is 16.0 Å². The minimum atomic E-state index is -0.923. The van der Waals surface area contributed by atoms with Crippen molar-refractivity contribution in [2.24, 2.45) is 5.92 Å². The first-order valence-corrected chi connectivity index (χ1v) is 7.29. The highest BCUT2D eigenvalue weighted by Gasteiger charge is 2.21. The Hall–Kier alpha value is -2.30. The van der Waals surface area contributed by atoms with Gasteiger partial charge >= 0.3 is 5.97 Å². The van der Waals surface area contributed by atoms with Crippen LogP contribution in [-0.4, -0.2) is 23.0 Å². The highest BCUT2D eigenvalue weighted by Crippen LogP contribution is 2.25. The van der Waals surface area contributed by atoms with Crippen LogP contribution in [0, 0.1) is 19.8 Å². The molecule has 0 aliphatic carbocycles. The van der Waals surface area contributed by atoms with Gasteiger partial charge in [-0.05, 0) is 51.0 Å². The van der Waals surface area contributed by atoms with E-state index in [1.807, 2.05) is 26.0 Å². The second kappa shape index (κ2) is 6.22. The van der Waals surface area contributed by atoms with Crippen molar-refractivity contribution in [2.75, 3.05) is 0 Å². The number of fused-ring (bicyclic) bond motifs is 1. The van der Waals surface area contributed by atoms with Gasteiger partial charge in [-0.15, -0.1) is 0 Å². The van der Waals surface area contributed by atoms with Gasteiger partial charge in [-0.2, -0.15) is 0 Å². The average Bonchev–Trinajstić information content (AvgIpc) is 2.80. The van der Waals surface area contributed by atoms with Gasteiger partial charge in [-0.1, -0.05) is 0 Å². The SMILES string of the molecule is Cc1cc2occ(CC(=O)NC(C)C(C)C(=O)O)c2cc1C. The molecule has 1 aromatic heterocycles. The van der Waals surface area contributed by atoms with Gasteiger partial charge in [-0.25, -0.2) is 0 Å². The Morgan fingerprint density at radius 1 is 1.23 bits per heavy atom. The number of rotatable bonds is 5. The van der Waals surface area contributed by atoms with Gasteiger partial charge in [0.1, 0.15) is 5.58 Å². The van der Waals surface area contributed by atoms with Crippen LogP contribution in [0.15, 0.2) is 22.8 Å². The lowest BCUT2D eigenvalue weighted by Crippen LogP contribution is -2.40. The standard InChI is InChI=1S/C17H21NO4/c1-9-5-14-13(8-22-15(14)6-10(9)2)7-16(19)18-12(4)11(3)17(20)21/h5-6,8,11-12H,7H2,1-4H3,(H,18,19)(H,20,21). The van der Waals surface area contributed by atoms with Crippen molar-refractivity contribution < 1.29 is 19.1 Å². The Balaban J connectivity index is 2.12. The first-order chi connectivity index (χ1) is 10.3. The van der Waals surface area contributed by atoms with Crippen molar-refractivity contribution in [1.82, 2.24) is 5.32 Å². The van der Waals surface area contributed by atoms with Gasteiger partial charge in [0.05, 0.1) is 18.6 Å². The van der Waals surface area contributed by atoms with Crippen LogP contribution in [0.3, 0.4) is 0 Å². The number of carbonyl (C=O) groups excluding carboxylic acids is 1.